The van der Waals surface area contributed by atoms with Gasteiger partial charge in [-0.05, 0) is 31.0 Å². The van der Waals surface area contributed by atoms with E-state index < -0.39 is 0 Å². The van der Waals surface area contributed by atoms with Crippen LogP contribution in [0.3, 0.4) is 0 Å². The van der Waals surface area contributed by atoms with Crippen molar-refractivity contribution in [2.45, 2.75) is 32.9 Å². The van der Waals surface area contributed by atoms with Gasteiger partial charge >= 0.3 is 0 Å². The maximum atomic E-state index is 13.7. The zero-order chi connectivity index (χ0) is 24.8. The number of thiazole rings is 1. The van der Waals surface area contributed by atoms with Crippen LogP contribution in [0.25, 0.3) is 11.3 Å². The third kappa shape index (κ3) is 5.96. The number of benzene rings is 1. The number of hydrogen-bond acceptors (Lipinski definition) is 6. The molecule has 3 aromatic heterocycles. The second-order valence-corrected chi connectivity index (χ2v) is 9.76. The fourth-order valence-corrected chi connectivity index (χ4v) is 4.79. The Balaban J connectivity index is 1.80. The Hall–Kier alpha value is -3.07. The summed E-state index contributed by atoms with van der Waals surface area (Å²) in [5.74, 6) is 0.794. The largest absolute Gasteiger partial charge is 0.330 e. The number of pyridine rings is 1. The van der Waals surface area contributed by atoms with Gasteiger partial charge in [0.2, 0.25) is 0 Å². The molecule has 4 rings (SSSR count). The summed E-state index contributed by atoms with van der Waals surface area (Å²) in [5.41, 5.74) is 11.0. The van der Waals surface area contributed by atoms with Crippen LogP contribution in [0.1, 0.15) is 48.2 Å². The van der Waals surface area contributed by atoms with Crippen LogP contribution in [0, 0.1) is 5.92 Å². The van der Waals surface area contributed by atoms with Crippen molar-refractivity contribution in [3.8, 4) is 11.3 Å². The molecule has 35 heavy (non-hydrogen) atoms. The Bertz CT molecular complexity index is 1220. The Morgan fingerprint density at radius 3 is 2.60 bits per heavy atom. The number of carbonyl (C=O) groups excluding carboxylic acids is 1. The van der Waals surface area contributed by atoms with Gasteiger partial charge in [-0.25, -0.2) is 15.0 Å². The predicted octanol–water partition coefficient (Wildman–Crippen LogP) is 5.29. The SMILES string of the molecule is CC(C)[C@H](c1nc(-c2ccccc2)cn1Cc1cscn1)N(CCCN)C(=O)c1ccc(Cl)nc1. The van der Waals surface area contributed by atoms with Crippen molar-refractivity contribution in [1.29, 1.82) is 0 Å². The molecule has 1 amide bonds. The summed E-state index contributed by atoms with van der Waals surface area (Å²) in [4.78, 5) is 29.3. The molecule has 1 aromatic carbocycles. The first-order valence-corrected chi connectivity index (χ1v) is 12.9. The minimum atomic E-state index is -0.277. The van der Waals surface area contributed by atoms with Crippen molar-refractivity contribution >= 4 is 28.8 Å². The van der Waals surface area contributed by atoms with Crippen LogP contribution < -0.4 is 5.73 Å². The lowest BCUT2D eigenvalue weighted by molar-refractivity contribution is 0.0604. The van der Waals surface area contributed by atoms with E-state index >= 15 is 0 Å². The third-order valence-corrected chi connectivity index (χ3v) is 6.62. The number of halogens is 1. The normalized spacial score (nSPS) is 12.1. The molecule has 0 saturated heterocycles. The number of nitrogens with two attached hydrogens (primary N) is 1. The Kier molecular flexibility index (Phi) is 8.28. The van der Waals surface area contributed by atoms with E-state index in [-0.39, 0.29) is 17.9 Å². The first kappa shape index (κ1) is 25.0. The van der Waals surface area contributed by atoms with Gasteiger partial charge in [-0.1, -0.05) is 55.8 Å². The van der Waals surface area contributed by atoms with Crippen molar-refractivity contribution in [2.24, 2.45) is 11.7 Å². The molecule has 0 aliphatic rings. The molecule has 0 aliphatic carbocycles. The summed E-state index contributed by atoms with van der Waals surface area (Å²) < 4.78 is 2.12. The van der Waals surface area contributed by atoms with Crippen molar-refractivity contribution in [1.82, 2.24) is 24.4 Å². The van der Waals surface area contributed by atoms with Crippen LogP contribution in [0.4, 0.5) is 0 Å². The summed E-state index contributed by atoms with van der Waals surface area (Å²) in [6, 6.07) is 13.1. The average Bonchev–Trinajstić information content (AvgIpc) is 3.52. The van der Waals surface area contributed by atoms with E-state index in [9.17, 15) is 4.79 Å². The van der Waals surface area contributed by atoms with Crippen LogP contribution in [0.15, 0.2) is 65.7 Å². The second-order valence-electron chi connectivity index (χ2n) is 8.66. The number of rotatable bonds is 10. The van der Waals surface area contributed by atoms with E-state index in [4.69, 9.17) is 22.3 Å². The first-order valence-electron chi connectivity index (χ1n) is 11.6. The molecule has 182 valence electrons. The van der Waals surface area contributed by atoms with Gasteiger partial charge < -0.3 is 15.2 Å². The third-order valence-electron chi connectivity index (χ3n) is 5.76. The number of aromatic nitrogens is 4. The van der Waals surface area contributed by atoms with Crippen molar-refractivity contribution in [3.05, 3.63) is 88.0 Å². The van der Waals surface area contributed by atoms with E-state index in [1.807, 2.05) is 46.1 Å². The lowest BCUT2D eigenvalue weighted by atomic mass is 10.00. The lowest BCUT2D eigenvalue weighted by Crippen LogP contribution is -2.40. The first-order chi connectivity index (χ1) is 17.0. The van der Waals surface area contributed by atoms with Gasteiger partial charge in [0.15, 0.2) is 0 Å². The van der Waals surface area contributed by atoms with Gasteiger partial charge in [0, 0.05) is 29.9 Å². The molecule has 0 saturated carbocycles. The molecule has 0 radical (unpaired) electrons. The maximum Gasteiger partial charge on any atom is 0.256 e. The van der Waals surface area contributed by atoms with Crippen molar-refractivity contribution in [3.63, 3.8) is 0 Å². The quantitative estimate of drug-likeness (QED) is 0.294. The van der Waals surface area contributed by atoms with E-state index in [1.54, 1.807) is 23.5 Å². The molecule has 0 unspecified atom stereocenters. The molecule has 0 fully saturated rings. The van der Waals surface area contributed by atoms with Crippen LogP contribution in [0.5, 0.6) is 0 Å². The Labute approximate surface area is 214 Å². The summed E-state index contributed by atoms with van der Waals surface area (Å²) in [6.07, 6.45) is 4.25. The molecule has 0 aliphatic heterocycles. The average molecular weight is 509 g/mol. The van der Waals surface area contributed by atoms with Gasteiger partial charge in [-0.2, -0.15) is 0 Å². The molecule has 7 nitrogen and oxygen atoms in total. The summed E-state index contributed by atoms with van der Waals surface area (Å²) in [6.45, 7) is 5.78. The maximum absolute atomic E-state index is 13.7. The molecular weight excluding hydrogens is 480 g/mol. The summed E-state index contributed by atoms with van der Waals surface area (Å²) in [5, 5.41) is 2.38. The zero-order valence-electron chi connectivity index (χ0n) is 19.8. The molecule has 9 heteroatoms. The number of nitrogens with zero attached hydrogens (tertiary/aromatic N) is 5. The number of amides is 1. The number of hydrogen-bond donors (Lipinski definition) is 1. The van der Waals surface area contributed by atoms with Crippen LogP contribution in [0.2, 0.25) is 5.15 Å². The Morgan fingerprint density at radius 1 is 1.17 bits per heavy atom. The molecule has 2 N–H and O–H groups in total. The van der Waals surface area contributed by atoms with E-state index in [0.29, 0.717) is 36.8 Å². The predicted molar refractivity (Wildman–Crippen MR) is 140 cm³/mol. The molecule has 3 heterocycles. The number of imidazole rings is 1. The van der Waals surface area contributed by atoms with E-state index in [2.05, 4.69) is 34.6 Å². The summed E-state index contributed by atoms with van der Waals surface area (Å²) in [7, 11) is 0. The van der Waals surface area contributed by atoms with Crippen molar-refractivity contribution in [2.75, 3.05) is 13.1 Å². The van der Waals surface area contributed by atoms with Crippen LogP contribution in [-0.4, -0.2) is 43.4 Å². The fourth-order valence-electron chi connectivity index (χ4n) is 4.13. The molecule has 0 bridgehead atoms. The zero-order valence-corrected chi connectivity index (χ0v) is 21.4. The molecular formula is C26H29ClN6OS. The van der Waals surface area contributed by atoms with E-state index in [1.165, 1.54) is 6.20 Å². The van der Waals surface area contributed by atoms with Gasteiger partial charge in [0.05, 0.1) is 35.0 Å². The molecule has 1 atom stereocenters. The topological polar surface area (TPSA) is 89.9 Å². The van der Waals surface area contributed by atoms with Gasteiger partial charge in [-0.3, -0.25) is 4.79 Å². The minimum Gasteiger partial charge on any atom is -0.330 e. The van der Waals surface area contributed by atoms with E-state index in [0.717, 1.165) is 22.8 Å². The van der Waals surface area contributed by atoms with Crippen LogP contribution in [-0.2, 0) is 6.54 Å². The highest BCUT2D eigenvalue weighted by Gasteiger charge is 2.32. The standard InChI is InChI=1S/C26H29ClN6OS/c1-18(2)24(33(12-6-11-28)26(34)20-9-10-23(27)29-13-20)25-31-22(19-7-4-3-5-8-19)15-32(25)14-21-16-35-17-30-21/h3-5,7-10,13,15-18,24H,6,11-12,14,28H2,1-2H3/t24-/m1/s1. The van der Waals surface area contributed by atoms with Crippen LogP contribution >= 0.6 is 22.9 Å². The summed E-state index contributed by atoms with van der Waals surface area (Å²) >= 11 is 7.53. The smallest absolute Gasteiger partial charge is 0.256 e. The fraction of sp³-hybridized carbons (Fsp3) is 0.308. The van der Waals surface area contributed by atoms with Gasteiger partial charge in [0.25, 0.3) is 5.91 Å². The van der Waals surface area contributed by atoms with Gasteiger partial charge in [-0.15, -0.1) is 11.3 Å². The molecule has 0 spiro atoms. The minimum absolute atomic E-state index is 0.0946. The second kappa shape index (κ2) is 11.6. The Morgan fingerprint density at radius 2 is 1.97 bits per heavy atom. The molecule has 4 aromatic rings. The van der Waals surface area contributed by atoms with Crippen molar-refractivity contribution < 1.29 is 4.79 Å². The van der Waals surface area contributed by atoms with Gasteiger partial charge in [0.1, 0.15) is 11.0 Å². The highest BCUT2D eigenvalue weighted by molar-refractivity contribution is 7.07. The highest BCUT2D eigenvalue weighted by Crippen LogP contribution is 2.32. The number of carbonyl (C=O) groups is 1. The lowest BCUT2D eigenvalue weighted by Gasteiger charge is -2.34. The highest BCUT2D eigenvalue weighted by atomic mass is 35.5. The monoisotopic (exact) mass is 508 g/mol.